The van der Waals surface area contributed by atoms with Gasteiger partial charge in [-0.2, -0.15) is 0 Å². The lowest BCUT2D eigenvalue weighted by Crippen LogP contribution is -2.39. The van der Waals surface area contributed by atoms with Crippen LogP contribution in [-0.2, 0) is 16.0 Å². The van der Waals surface area contributed by atoms with E-state index in [2.05, 4.69) is 20.2 Å². The van der Waals surface area contributed by atoms with Gasteiger partial charge in [0.1, 0.15) is 0 Å². The molecule has 7 heteroatoms. The smallest absolute Gasteiger partial charge is 0.212 e. The van der Waals surface area contributed by atoms with E-state index in [-0.39, 0.29) is 0 Å². The molecule has 2 rings (SSSR count). The van der Waals surface area contributed by atoms with Crippen molar-refractivity contribution in [1.82, 2.24) is 15.2 Å². The molecule has 1 N–H and O–H groups in total. The van der Waals surface area contributed by atoms with Crippen LogP contribution in [0.2, 0.25) is 0 Å². The maximum Gasteiger partial charge on any atom is 0.212 e. The Bertz CT molecular complexity index is 507. The van der Waals surface area contributed by atoms with Crippen LogP contribution in [0, 0.1) is 5.92 Å². The molecule has 134 valence electrons. The molecule has 0 spiro atoms. The van der Waals surface area contributed by atoms with Crippen LogP contribution in [-0.4, -0.2) is 70.0 Å². The number of nitrogens with zero attached hydrogens (tertiary/aromatic N) is 3. The Labute approximate surface area is 144 Å². The van der Waals surface area contributed by atoms with Gasteiger partial charge in [0.05, 0.1) is 26.9 Å². The van der Waals surface area contributed by atoms with E-state index in [1.54, 1.807) is 14.2 Å². The summed E-state index contributed by atoms with van der Waals surface area (Å²) in [5, 5.41) is 3.40. The molecule has 1 atom stereocenters. The first-order chi connectivity index (χ1) is 11.8. The molecule has 1 unspecified atom stereocenters. The Morgan fingerprint density at radius 3 is 2.92 bits per heavy atom. The van der Waals surface area contributed by atoms with Crippen molar-refractivity contribution in [2.45, 2.75) is 13.0 Å². The lowest BCUT2D eigenvalue weighted by molar-refractivity contribution is 0.0536. The summed E-state index contributed by atoms with van der Waals surface area (Å²) in [5.74, 6) is 2.09. The summed E-state index contributed by atoms with van der Waals surface area (Å²) in [5.41, 5.74) is 1.09. The summed E-state index contributed by atoms with van der Waals surface area (Å²) in [7, 11) is 5.12. The average molecular weight is 336 g/mol. The molecular weight excluding hydrogens is 308 g/mol. The first-order valence-electron chi connectivity index (χ1n) is 8.28. The van der Waals surface area contributed by atoms with Gasteiger partial charge < -0.3 is 24.4 Å². The zero-order valence-corrected chi connectivity index (χ0v) is 14.8. The van der Waals surface area contributed by atoms with Gasteiger partial charge in [-0.05, 0) is 12.0 Å². The van der Waals surface area contributed by atoms with Gasteiger partial charge in [-0.25, -0.2) is 4.98 Å². The number of nitrogens with one attached hydrogen (secondary N) is 1. The molecule has 24 heavy (non-hydrogen) atoms. The van der Waals surface area contributed by atoms with Crippen LogP contribution in [0.15, 0.2) is 23.3 Å². The van der Waals surface area contributed by atoms with E-state index >= 15 is 0 Å². The number of aliphatic imine (C=N–C) groups is 1. The fourth-order valence-corrected chi connectivity index (χ4v) is 2.70. The maximum atomic E-state index is 5.64. The van der Waals surface area contributed by atoms with E-state index in [0.717, 1.165) is 37.6 Å². The molecule has 7 nitrogen and oxygen atoms in total. The van der Waals surface area contributed by atoms with Gasteiger partial charge in [-0.15, -0.1) is 0 Å². The van der Waals surface area contributed by atoms with Crippen LogP contribution in [0.3, 0.4) is 0 Å². The second-order valence-corrected chi connectivity index (χ2v) is 5.78. The largest absolute Gasteiger partial charge is 0.481 e. The Balaban J connectivity index is 1.75. The van der Waals surface area contributed by atoms with E-state index in [4.69, 9.17) is 14.2 Å². The van der Waals surface area contributed by atoms with Crippen molar-refractivity contribution in [3.05, 3.63) is 23.9 Å². The Morgan fingerprint density at radius 2 is 2.25 bits per heavy atom. The Hall–Kier alpha value is -1.86. The van der Waals surface area contributed by atoms with Crippen molar-refractivity contribution in [1.29, 1.82) is 0 Å². The highest BCUT2D eigenvalue weighted by molar-refractivity contribution is 5.80. The van der Waals surface area contributed by atoms with Gasteiger partial charge in [-0.3, -0.25) is 4.99 Å². The van der Waals surface area contributed by atoms with E-state index in [9.17, 15) is 0 Å². The number of methoxy groups -OCH3 is 2. The monoisotopic (exact) mass is 336 g/mol. The fraction of sp³-hybridized carbons (Fsp3) is 0.647. The number of hydrogen-bond donors (Lipinski definition) is 1. The molecule has 1 fully saturated rings. The summed E-state index contributed by atoms with van der Waals surface area (Å²) in [6.45, 7) is 4.74. The molecule has 1 aromatic rings. The lowest BCUT2D eigenvalue weighted by Gasteiger charge is -2.21. The minimum atomic E-state index is 0.544. The first kappa shape index (κ1) is 18.5. The Morgan fingerprint density at radius 1 is 1.38 bits per heavy atom. The normalized spacial score (nSPS) is 18.0. The fourth-order valence-electron chi connectivity index (χ4n) is 2.70. The molecule has 0 bridgehead atoms. The number of rotatable bonds is 8. The van der Waals surface area contributed by atoms with Gasteiger partial charge in [-0.1, -0.05) is 6.07 Å². The zero-order chi connectivity index (χ0) is 17.2. The summed E-state index contributed by atoms with van der Waals surface area (Å²) >= 11 is 0. The van der Waals surface area contributed by atoms with Crippen molar-refractivity contribution in [3.8, 4) is 5.88 Å². The molecule has 2 heterocycles. The third-order valence-corrected chi connectivity index (χ3v) is 4.04. The quantitative estimate of drug-likeness (QED) is 0.436. The van der Waals surface area contributed by atoms with Crippen molar-refractivity contribution < 1.29 is 14.2 Å². The van der Waals surface area contributed by atoms with Crippen LogP contribution in [0.5, 0.6) is 5.88 Å². The summed E-state index contributed by atoms with van der Waals surface area (Å²) in [6, 6.07) is 3.87. The van der Waals surface area contributed by atoms with Crippen LogP contribution in [0.25, 0.3) is 0 Å². The van der Waals surface area contributed by atoms with Crippen molar-refractivity contribution >= 4 is 5.96 Å². The molecular formula is C17H28N4O3. The van der Waals surface area contributed by atoms with Gasteiger partial charge in [0.25, 0.3) is 0 Å². The van der Waals surface area contributed by atoms with E-state index in [0.29, 0.717) is 31.6 Å². The zero-order valence-electron chi connectivity index (χ0n) is 14.8. The summed E-state index contributed by atoms with van der Waals surface area (Å²) < 4.78 is 15.7. The summed E-state index contributed by atoms with van der Waals surface area (Å²) in [6.07, 6.45) is 2.94. The predicted octanol–water partition coefficient (Wildman–Crippen LogP) is 1.15. The number of pyridine rings is 1. The standard InChI is InChI=1S/C17H28N4O3/c1-18-17(20-11-14-4-5-16(23-3)19-10-14)21-7-6-15(12-21)13-24-9-8-22-2/h4-5,10,15H,6-9,11-13H2,1-3H3,(H,18,20). The van der Waals surface area contributed by atoms with Gasteiger partial charge in [0.15, 0.2) is 5.96 Å². The SMILES string of the molecule is CN=C(NCc1ccc(OC)nc1)N1CCC(COCCOC)C1. The predicted molar refractivity (Wildman–Crippen MR) is 93.4 cm³/mol. The van der Waals surface area contributed by atoms with Gasteiger partial charge in [0, 0.05) is 52.0 Å². The molecule has 0 saturated carbocycles. The number of ether oxygens (including phenoxy) is 3. The van der Waals surface area contributed by atoms with E-state index in [1.165, 1.54) is 0 Å². The third-order valence-electron chi connectivity index (χ3n) is 4.04. The van der Waals surface area contributed by atoms with Crippen molar-refractivity contribution in [2.75, 3.05) is 54.2 Å². The minimum absolute atomic E-state index is 0.544. The molecule has 0 radical (unpaired) electrons. The molecule has 0 aromatic carbocycles. The van der Waals surface area contributed by atoms with Crippen LogP contribution < -0.4 is 10.1 Å². The molecule has 1 aliphatic rings. The number of likely N-dealkylation sites (tertiary alicyclic amines) is 1. The number of aromatic nitrogens is 1. The van der Waals surface area contributed by atoms with Crippen LogP contribution in [0.1, 0.15) is 12.0 Å². The second-order valence-electron chi connectivity index (χ2n) is 5.78. The highest BCUT2D eigenvalue weighted by Gasteiger charge is 2.24. The molecule has 0 aliphatic carbocycles. The van der Waals surface area contributed by atoms with Crippen LogP contribution in [0.4, 0.5) is 0 Å². The van der Waals surface area contributed by atoms with E-state index in [1.807, 2.05) is 25.4 Å². The topological polar surface area (TPSA) is 68.2 Å². The van der Waals surface area contributed by atoms with Crippen molar-refractivity contribution in [2.24, 2.45) is 10.9 Å². The number of hydrogen-bond acceptors (Lipinski definition) is 5. The highest BCUT2D eigenvalue weighted by atomic mass is 16.5. The molecule has 0 amide bonds. The van der Waals surface area contributed by atoms with Gasteiger partial charge in [0.2, 0.25) is 5.88 Å². The number of guanidine groups is 1. The summed E-state index contributed by atoms with van der Waals surface area (Å²) in [4.78, 5) is 10.9. The average Bonchev–Trinajstić information content (AvgIpc) is 3.08. The third kappa shape index (κ3) is 5.65. The van der Waals surface area contributed by atoms with E-state index < -0.39 is 0 Å². The van der Waals surface area contributed by atoms with Gasteiger partial charge >= 0.3 is 0 Å². The lowest BCUT2D eigenvalue weighted by atomic mass is 10.1. The molecule has 1 aliphatic heterocycles. The molecule has 1 aromatic heterocycles. The van der Waals surface area contributed by atoms with Crippen molar-refractivity contribution in [3.63, 3.8) is 0 Å². The first-order valence-corrected chi connectivity index (χ1v) is 8.28. The second kappa shape index (κ2) is 10.1. The van der Waals surface area contributed by atoms with Crippen LogP contribution >= 0.6 is 0 Å². The maximum absolute atomic E-state index is 5.64. The molecule has 1 saturated heterocycles. The highest BCUT2D eigenvalue weighted by Crippen LogP contribution is 2.16. The minimum Gasteiger partial charge on any atom is -0.481 e. The Kier molecular flexibility index (Phi) is 7.77.